The van der Waals surface area contributed by atoms with Crippen LogP contribution < -0.4 is 5.32 Å². The number of ether oxygens (including phenoxy) is 1. The molecule has 178 valence electrons. The van der Waals surface area contributed by atoms with Gasteiger partial charge in [-0.2, -0.15) is 0 Å². The van der Waals surface area contributed by atoms with Crippen molar-refractivity contribution in [2.75, 3.05) is 20.3 Å². The summed E-state index contributed by atoms with van der Waals surface area (Å²) < 4.78 is 5.07. The van der Waals surface area contributed by atoms with Crippen LogP contribution in [-0.2, 0) is 24.5 Å². The lowest BCUT2D eigenvalue weighted by molar-refractivity contribution is -0.141. The van der Waals surface area contributed by atoms with Crippen molar-refractivity contribution in [3.63, 3.8) is 0 Å². The highest BCUT2D eigenvalue weighted by Crippen LogP contribution is 2.40. The molecule has 2 aromatic carbocycles. The molecule has 3 amide bonds. The van der Waals surface area contributed by atoms with Crippen molar-refractivity contribution in [1.82, 2.24) is 20.2 Å². The Morgan fingerprint density at radius 3 is 2.74 bits per heavy atom. The molecule has 2 heterocycles. The number of H-pyrrole nitrogens is 1. The van der Waals surface area contributed by atoms with Gasteiger partial charge in [0, 0.05) is 33.1 Å². The maximum Gasteiger partial charge on any atom is 0.240 e. The molecule has 1 aromatic heterocycles. The van der Waals surface area contributed by atoms with Crippen LogP contribution >= 0.6 is 0 Å². The molecule has 1 aliphatic rings. The van der Waals surface area contributed by atoms with Crippen LogP contribution in [0.1, 0.15) is 49.2 Å². The number of carbonyl (C=O) groups is 3. The lowest BCUT2D eigenvalue weighted by atomic mass is 9.75. The lowest BCUT2D eigenvalue weighted by Crippen LogP contribution is -2.43. The number of aromatic nitrogens is 2. The highest BCUT2D eigenvalue weighted by Gasteiger charge is 2.53. The molecule has 0 saturated carbocycles. The van der Waals surface area contributed by atoms with Crippen LogP contribution in [0, 0.1) is 6.92 Å². The summed E-state index contributed by atoms with van der Waals surface area (Å²) in [6.45, 7) is 4.57. The minimum atomic E-state index is -1.22. The Kier molecular flexibility index (Phi) is 6.79. The fraction of sp³-hybridized carbons (Fsp3) is 0.385. The number of imide groups is 1. The Labute approximate surface area is 198 Å². The average Bonchev–Trinajstić information content (AvgIpc) is 3.34. The van der Waals surface area contributed by atoms with Gasteiger partial charge < -0.3 is 15.0 Å². The smallest absolute Gasteiger partial charge is 0.240 e. The average molecular weight is 463 g/mol. The molecular weight excluding hydrogens is 432 g/mol. The van der Waals surface area contributed by atoms with Crippen molar-refractivity contribution >= 4 is 28.8 Å². The van der Waals surface area contributed by atoms with Crippen molar-refractivity contribution in [2.24, 2.45) is 0 Å². The van der Waals surface area contributed by atoms with Gasteiger partial charge in [0.05, 0.1) is 22.5 Å². The number of imidazole rings is 1. The van der Waals surface area contributed by atoms with Crippen LogP contribution in [-0.4, -0.2) is 52.9 Å². The van der Waals surface area contributed by atoms with E-state index in [0.29, 0.717) is 24.4 Å². The monoisotopic (exact) mass is 462 g/mol. The van der Waals surface area contributed by atoms with Crippen LogP contribution in [0.25, 0.3) is 11.0 Å². The summed E-state index contributed by atoms with van der Waals surface area (Å²) in [4.78, 5) is 48.7. The Morgan fingerprint density at radius 2 is 2.00 bits per heavy atom. The molecule has 0 bridgehead atoms. The first-order chi connectivity index (χ1) is 16.3. The minimum absolute atomic E-state index is 0.0332. The van der Waals surface area contributed by atoms with Crippen LogP contribution in [0.15, 0.2) is 48.5 Å². The van der Waals surface area contributed by atoms with Crippen LogP contribution in [0.2, 0.25) is 0 Å². The molecule has 1 saturated heterocycles. The Balaban J connectivity index is 1.55. The Hall–Kier alpha value is -3.52. The molecule has 2 N–H and O–H groups in total. The molecule has 0 aliphatic carbocycles. The van der Waals surface area contributed by atoms with Crippen LogP contribution in [0.3, 0.4) is 0 Å². The second-order valence-electron chi connectivity index (χ2n) is 8.93. The third-order valence-corrected chi connectivity index (χ3v) is 6.37. The number of rotatable bonds is 9. The van der Waals surface area contributed by atoms with E-state index in [4.69, 9.17) is 4.74 Å². The summed E-state index contributed by atoms with van der Waals surface area (Å²) in [5.41, 5.74) is 2.29. The molecule has 0 spiro atoms. The second kappa shape index (κ2) is 9.77. The molecule has 4 rings (SSSR count). The maximum atomic E-state index is 13.5. The van der Waals surface area contributed by atoms with Gasteiger partial charge in [0.25, 0.3) is 0 Å². The number of amides is 3. The van der Waals surface area contributed by atoms with Crippen LogP contribution in [0.5, 0.6) is 0 Å². The number of hydrogen-bond acceptors (Lipinski definition) is 5. The van der Waals surface area contributed by atoms with E-state index in [0.717, 1.165) is 16.6 Å². The van der Waals surface area contributed by atoms with E-state index < -0.39 is 11.5 Å². The van der Waals surface area contributed by atoms with Crippen molar-refractivity contribution in [3.8, 4) is 0 Å². The molecular formula is C26H30N4O4. The molecule has 8 nitrogen and oxygen atoms in total. The number of aryl methyl sites for hydroxylation is 1. The van der Waals surface area contributed by atoms with Gasteiger partial charge in [-0.3, -0.25) is 19.3 Å². The first-order valence-electron chi connectivity index (χ1n) is 11.5. The zero-order valence-electron chi connectivity index (χ0n) is 19.8. The van der Waals surface area contributed by atoms with Gasteiger partial charge in [0.1, 0.15) is 5.82 Å². The van der Waals surface area contributed by atoms with E-state index in [2.05, 4.69) is 15.3 Å². The van der Waals surface area contributed by atoms with Crippen molar-refractivity contribution < 1.29 is 19.1 Å². The topological polar surface area (TPSA) is 104 Å². The Morgan fingerprint density at radius 1 is 1.24 bits per heavy atom. The molecule has 1 aliphatic heterocycles. The molecule has 3 aromatic rings. The van der Waals surface area contributed by atoms with E-state index in [1.54, 1.807) is 7.11 Å². The molecule has 0 unspecified atom stereocenters. The number of carbonyl (C=O) groups excluding carboxylic acids is 3. The van der Waals surface area contributed by atoms with E-state index in [1.165, 1.54) is 4.90 Å². The number of nitrogens with zero attached hydrogens (tertiary/aromatic N) is 2. The van der Waals surface area contributed by atoms with E-state index in [-0.39, 0.29) is 37.1 Å². The van der Waals surface area contributed by atoms with Crippen molar-refractivity contribution in [2.45, 2.75) is 44.6 Å². The fourth-order valence-corrected chi connectivity index (χ4v) is 4.60. The number of methoxy groups -OCH3 is 1. The summed E-state index contributed by atoms with van der Waals surface area (Å²) in [5, 5.41) is 2.96. The van der Waals surface area contributed by atoms with Crippen LogP contribution in [0.4, 0.5) is 0 Å². The van der Waals surface area contributed by atoms with Crippen molar-refractivity contribution in [3.05, 3.63) is 65.5 Å². The quantitative estimate of drug-likeness (QED) is 0.375. The number of nitrogens with one attached hydrogen (secondary N) is 2. The number of benzene rings is 2. The summed E-state index contributed by atoms with van der Waals surface area (Å²) in [5.74, 6) is -0.272. The predicted octanol–water partition coefficient (Wildman–Crippen LogP) is 3.17. The molecule has 2 atom stereocenters. The highest BCUT2D eigenvalue weighted by atomic mass is 16.5. The number of likely N-dealkylation sites (tertiary alicyclic amines) is 1. The van der Waals surface area contributed by atoms with Gasteiger partial charge in [-0.25, -0.2) is 4.98 Å². The van der Waals surface area contributed by atoms with E-state index in [1.807, 2.05) is 62.4 Å². The first-order valence-corrected chi connectivity index (χ1v) is 11.5. The molecule has 0 radical (unpaired) electrons. The molecule has 34 heavy (non-hydrogen) atoms. The first kappa shape index (κ1) is 23.6. The Bertz CT molecular complexity index is 1210. The van der Waals surface area contributed by atoms with E-state index >= 15 is 0 Å². The third kappa shape index (κ3) is 4.59. The van der Waals surface area contributed by atoms with E-state index in [9.17, 15) is 14.4 Å². The number of aromatic amines is 1. The highest BCUT2D eigenvalue weighted by molar-refractivity contribution is 6.10. The SMILES string of the molecule is COCCCN1C(=O)C[C@](CC(=O)N[C@H](C)c2nc3ccc(C)cc3[nH]2)(c2ccccc2)C1=O. The summed E-state index contributed by atoms with van der Waals surface area (Å²) in [7, 11) is 1.58. The third-order valence-electron chi connectivity index (χ3n) is 6.37. The molecule has 1 fully saturated rings. The predicted molar refractivity (Wildman–Crippen MR) is 128 cm³/mol. The normalized spacial score (nSPS) is 19.1. The minimum Gasteiger partial charge on any atom is -0.385 e. The summed E-state index contributed by atoms with van der Waals surface area (Å²) >= 11 is 0. The van der Waals surface area contributed by atoms with Gasteiger partial charge in [0.15, 0.2) is 0 Å². The maximum absolute atomic E-state index is 13.5. The largest absolute Gasteiger partial charge is 0.385 e. The molecule has 8 heteroatoms. The zero-order valence-corrected chi connectivity index (χ0v) is 19.8. The standard InChI is InChI=1S/C26H30N4O4/c1-17-10-11-20-21(14-17)29-24(28-20)18(2)27-22(31)15-26(19-8-5-4-6-9-19)16-23(32)30(25(26)33)12-7-13-34-3/h4-6,8-11,14,18H,7,12-13,15-16H2,1-3H3,(H,27,31)(H,28,29)/t18-,26-/m1/s1. The van der Waals surface area contributed by atoms with Gasteiger partial charge in [-0.1, -0.05) is 36.4 Å². The van der Waals surface area contributed by atoms with Crippen molar-refractivity contribution in [1.29, 1.82) is 0 Å². The lowest BCUT2D eigenvalue weighted by Gasteiger charge is -2.27. The number of hydrogen-bond donors (Lipinski definition) is 2. The van der Waals surface area contributed by atoms with Gasteiger partial charge in [0.2, 0.25) is 17.7 Å². The summed E-state index contributed by atoms with van der Waals surface area (Å²) in [6, 6.07) is 14.6. The fourth-order valence-electron chi connectivity index (χ4n) is 4.60. The summed E-state index contributed by atoms with van der Waals surface area (Å²) in [6.07, 6.45) is 0.397. The zero-order chi connectivity index (χ0) is 24.3. The van der Waals surface area contributed by atoms with Gasteiger partial charge >= 0.3 is 0 Å². The van der Waals surface area contributed by atoms with Gasteiger partial charge in [-0.05, 0) is 43.5 Å². The number of fused-ring (bicyclic) bond motifs is 1. The second-order valence-corrected chi connectivity index (χ2v) is 8.93. The van der Waals surface area contributed by atoms with Gasteiger partial charge in [-0.15, -0.1) is 0 Å².